The third-order valence-electron chi connectivity index (χ3n) is 1.85. The van der Waals surface area contributed by atoms with Crippen molar-refractivity contribution in [2.75, 3.05) is 7.11 Å². The van der Waals surface area contributed by atoms with E-state index in [-0.39, 0.29) is 5.92 Å². The maximum Gasteiger partial charge on any atom is 0.123 e. The van der Waals surface area contributed by atoms with Crippen molar-refractivity contribution in [3.8, 4) is 11.8 Å². The van der Waals surface area contributed by atoms with Crippen LogP contribution in [0.2, 0.25) is 0 Å². The molecular weight excluding hydrogens is 230 g/mol. The summed E-state index contributed by atoms with van der Waals surface area (Å²) in [5.74, 6) is 0.615. The maximum atomic E-state index is 8.78. The monoisotopic (exact) mass is 239 g/mol. The zero-order valence-corrected chi connectivity index (χ0v) is 9.13. The molecule has 0 amide bonds. The van der Waals surface area contributed by atoms with Crippen LogP contribution >= 0.6 is 15.9 Å². The van der Waals surface area contributed by atoms with E-state index in [9.17, 15) is 0 Å². The molecule has 0 radical (unpaired) electrons. The normalized spacial score (nSPS) is 11.8. The van der Waals surface area contributed by atoms with Crippen LogP contribution in [0, 0.1) is 11.3 Å². The highest BCUT2D eigenvalue weighted by Gasteiger charge is 2.10. The van der Waals surface area contributed by atoms with Gasteiger partial charge < -0.3 is 4.74 Å². The summed E-state index contributed by atoms with van der Waals surface area (Å²) in [5.41, 5.74) is 0.916. The van der Waals surface area contributed by atoms with Gasteiger partial charge in [-0.15, -0.1) is 0 Å². The van der Waals surface area contributed by atoms with Crippen LogP contribution in [0.3, 0.4) is 0 Å². The Labute approximate surface area is 86.3 Å². The quantitative estimate of drug-likeness (QED) is 0.795. The molecule has 0 N–H and O–H groups in total. The third kappa shape index (κ3) is 2.22. The molecule has 1 unspecified atom stereocenters. The Balaban J connectivity index is 3.17. The van der Waals surface area contributed by atoms with E-state index in [4.69, 9.17) is 10.00 Å². The lowest BCUT2D eigenvalue weighted by atomic mass is 10.0. The van der Waals surface area contributed by atoms with Gasteiger partial charge >= 0.3 is 0 Å². The van der Waals surface area contributed by atoms with Crippen molar-refractivity contribution >= 4 is 15.9 Å². The molecule has 0 fully saturated rings. The van der Waals surface area contributed by atoms with Crippen molar-refractivity contribution in [1.29, 1.82) is 5.26 Å². The van der Waals surface area contributed by atoms with E-state index >= 15 is 0 Å². The average Bonchev–Trinajstić information content (AvgIpc) is 2.16. The first-order valence-electron chi connectivity index (χ1n) is 3.92. The molecule has 0 aliphatic heterocycles. The van der Waals surface area contributed by atoms with E-state index in [0.29, 0.717) is 0 Å². The fourth-order valence-electron chi connectivity index (χ4n) is 1.11. The Bertz CT molecular complexity index is 343. The van der Waals surface area contributed by atoms with Crippen LogP contribution in [0.5, 0.6) is 5.75 Å². The second kappa shape index (κ2) is 4.29. The van der Waals surface area contributed by atoms with Crippen LogP contribution in [0.25, 0.3) is 0 Å². The highest BCUT2D eigenvalue weighted by atomic mass is 79.9. The van der Waals surface area contributed by atoms with Gasteiger partial charge in [0.25, 0.3) is 0 Å². The molecule has 0 heterocycles. The lowest BCUT2D eigenvalue weighted by Crippen LogP contribution is -1.95. The Kier molecular flexibility index (Phi) is 3.32. The molecule has 68 valence electrons. The topological polar surface area (TPSA) is 33.0 Å². The Morgan fingerprint density at radius 2 is 2.23 bits per heavy atom. The molecule has 1 rings (SSSR count). The number of hydrogen-bond acceptors (Lipinski definition) is 2. The first kappa shape index (κ1) is 10.1. The molecular formula is C10H10BrNO. The van der Waals surface area contributed by atoms with Crippen molar-refractivity contribution in [3.05, 3.63) is 28.2 Å². The zero-order valence-electron chi connectivity index (χ0n) is 7.54. The summed E-state index contributed by atoms with van der Waals surface area (Å²) in [4.78, 5) is 0. The zero-order chi connectivity index (χ0) is 9.84. The van der Waals surface area contributed by atoms with E-state index in [1.807, 2.05) is 25.1 Å². The van der Waals surface area contributed by atoms with Gasteiger partial charge in [0.05, 0.1) is 19.1 Å². The molecule has 1 atom stereocenters. The van der Waals surface area contributed by atoms with Gasteiger partial charge in [0, 0.05) is 10.0 Å². The standard InChI is InChI=1S/C10H10BrNO/c1-7(6-12)9-5-8(11)3-4-10(9)13-2/h3-5,7H,1-2H3. The van der Waals surface area contributed by atoms with E-state index in [0.717, 1.165) is 15.8 Å². The maximum absolute atomic E-state index is 8.78. The number of methoxy groups -OCH3 is 1. The number of nitrogens with zero attached hydrogens (tertiary/aromatic N) is 1. The molecule has 13 heavy (non-hydrogen) atoms. The van der Waals surface area contributed by atoms with Crippen LogP contribution < -0.4 is 4.74 Å². The second-order valence-electron chi connectivity index (χ2n) is 2.74. The van der Waals surface area contributed by atoms with E-state index in [2.05, 4.69) is 22.0 Å². The van der Waals surface area contributed by atoms with E-state index in [1.54, 1.807) is 7.11 Å². The number of ether oxygens (including phenoxy) is 1. The lowest BCUT2D eigenvalue weighted by molar-refractivity contribution is 0.409. The van der Waals surface area contributed by atoms with Crippen molar-refractivity contribution in [2.24, 2.45) is 0 Å². The first-order valence-corrected chi connectivity index (χ1v) is 4.71. The summed E-state index contributed by atoms with van der Waals surface area (Å²) >= 11 is 3.36. The number of halogens is 1. The highest BCUT2D eigenvalue weighted by Crippen LogP contribution is 2.28. The predicted octanol–water partition coefficient (Wildman–Crippen LogP) is 3.08. The van der Waals surface area contributed by atoms with Gasteiger partial charge in [0.15, 0.2) is 0 Å². The molecule has 1 aromatic carbocycles. The Morgan fingerprint density at radius 1 is 1.54 bits per heavy atom. The van der Waals surface area contributed by atoms with Gasteiger partial charge in [-0.3, -0.25) is 0 Å². The SMILES string of the molecule is COc1ccc(Br)cc1C(C)C#N. The van der Waals surface area contributed by atoms with Gasteiger partial charge in [-0.25, -0.2) is 0 Å². The fraction of sp³-hybridized carbons (Fsp3) is 0.300. The Hall–Kier alpha value is -1.01. The van der Waals surface area contributed by atoms with Crippen molar-refractivity contribution in [3.63, 3.8) is 0 Å². The third-order valence-corrected chi connectivity index (χ3v) is 2.35. The molecule has 0 bridgehead atoms. The average molecular weight is 240 g/mol. The second-order valence-corrected chi connectivity index (χ2v) is 3.65. The molecule has 0 spiro atoms. The summed E-state index contributed by atoms with van der Waals surface area (Å²) < 4.78 is 6.11. The number of benzene rings is 1. The van der Waals surface area contributed by atoms with E-state index < -0.39 is 0 Å². The summed E-state index contributed by atoms with van der Waals surface area (Å²) in [6, 6.07) is 7.84. The molecule has 2 nitrogen and oxygen atoms in total. The summed E-state index contributed by atoms with van der Waals surface area (Å²) in [7, 11) is 1.61. The summed E-state index contributed by atoms with van der Waals surface area (Å²) in [5, 5.41) is 8.78. The van der Waals surface area contributed by atoms with Gasteiger partial charge in [0.1, 0.15) is 5.75 Å². The molecule has 1 aromatic rings. The molecule has 0 saturated heterocycles. The molecule has 0 aliphatic carbocycles. The molecule has 0 aliphatic rings. The van der Waals surface area contributed by atoms with Gasteiger partial charge in [0.2, 0.25) is 0 Å². The summed E-state index contributed by atoms with van der Waals surface area (Å²) in [6.07, 6.45) is 0. The van der Waals surface area contributed by atoms with Gasteiger partial charge in [-0.05, 0) is 25.1 Å². The first-order chi connectivity index (χ1) is 6.19. The van der Waals surface area contributed by atoms with Crippen LogP contribution in [0.1, 0.15) is 18.4 Å². The van der Waals surface area contributed by atoms with Gasteiger partial charge in [-0.2, -0.15) is 5.26 Å². The van der Waals surface area contributed by atoms with Crippen molar-refractivity contribution in [2.45, 2.75) is 12.8 Å². The fourth-order valence-corrected chi connectivity index (χ4v) is 1.49. The minimum atomic E-state index is -0.146. The Morgan fingerprint density at radius 3 is 2.77 bits per heavy atom. The van der Waals surface area contributed by atoms with Crippen LogP contribution in [-0.2, 0) is 0 Å². The molecule has 0 saturated carbocycles. The van der Waals surface area contributed by atoms with E-state index in [1.165, 1.54) is 0 Å². The summed E-state index contributed by atoms with van der Waals surface area (Å²) in [6.45, 7) is 1.85. The molecule has 0 aromatic heterocycles. The minimum absolute atomic E-state index is 0.146. The van der Waals surface area contributed by atoms with Crippen molar-refractivity contribution < 1.29 is 4.74 Å². The van der Waals surface area contributed by atoms with Crippen LogP contribution in [-0.4, -0.2) is 7.11 Å². The number of hydrogen-bond donors (Lipinski definition) is 0. The molecule has 3 heteroatoms. The number of nitriles is 1. The van der Waals surface area contributed by atoms with Crippen LogP contribution in [0.4, 0.5) is 0 Å². The smallest absolute Gasteiger partial charge is 0.123 e. The predicted molar refractivity (Wildman–Crippen MR) is 54.7 cm³/mol. The van der Waals surface area contributed by atoms with Gasteiger partial charge in [-0.1, -0.05) is 15.9 Å². The minimum Gasteiger partial charge on any atom is -0.496 e. The van der Waals surface area contributed by atoms with Crippen LogP contribution in [0.15, 0.2) is 22.7 Å². The lowest BCUT2D eigenvalue weighted by Gasteiger charge is -2.09. The van der Waals surface area contributed by atoms with Crippen molar-refractivity contribution in [1.82, 2.24) is 0 Å². The largest absolute Gasteiger partial charge is 0.496 e. The highest BCUT2D eigenvalue weighted by molar-refractivity contribution is 9.10. The number of rotatable bonds is 2.